The summed E-state index contributed by atoms with van der Waals surface area (Å²) < 4.78 is 0. The lowest BCUT2D eigenvalue weighted by Crippen LogP contribution is -2.34. The average molecular weight is 303 g/mol. The third kappa shape index (κ3) is 3.35. The minimum atomic E-state index is -0.0431. The minimum absolute atomic E-state index is 0.0431. The molecule has 1 amide bonds. The highest BCUT2D eigenvalue weighted by atomic mass is 32.1. The van der Waals surface area contributed by atoms with Crippen LogP contribution >= 0.6 is 11.3 Å². The van der Waals surface area contributed by atoms with E-state index >= 15 is 0 Å². The van der Waals surface area contributed by atoms with E-state index in [2.05, 4.69) is 27.0 Å². The normalized spacial score (nSPS) is 16.0. The van der Waals surface area contributed by atoms with E-state index in [-0.39, 0.29) is 11.9 Å². The summed E-state index contributed by atoms with van der Waals surface area (Å²) in [6.45, 7) is 2.04. The first-order valence-electron chi connectivity index (χ1n) is 7.63. The molecule has 21 heavy (non-hydrogen) atoms. The van der Waals surface area contributed by atoms with Crippen LogP contribution in [0.2, 0.25) is 0 Å². The second kappa shape index (κ2) is 6.43. The molecule has 0 saturated carbocycles. The first kappa shape index (κ1) is 14.3. The predicted molar refractivity (Wildman–Crippen MR) is 84.8 cm³/mol. The number of aromatic amines is 1. The summed E-state index contributed by atoms with van der Waals surface area (Å²) in [4.78, 5) is 13.7. The first-order chi connectivity index (χ1) is 10.2. The molecule has 112 valence electrons. The van der Waals surface area contributed by atoms with E-state index in [0.29, 0.717) is 5.69 Å². The van der Waals surface area contributed by atoms with Gasteiger partial charge in [-0.15, -0.1) is 11.3 Å². The molecular formula is C16H21N3OS. The molecule has 0 bridgehead atoms. The lowest BCUT2D eigenvalue weighted by molar-refractivity contribution is 0.0934. The van der Waals surface area contributed by atoms with Crippen molar-refractivity contribution in [3.05, 3.63) is 39.3 Å². The van der Waals surface area contributed by atoms with Gasteiger partial charge in [-0.1, -0.05) is 12.5 Å². The van der Waals surface area contributed by atoms with Gasteiger partial charge in [0.25, 0.3) is 5.91 Å². The number of H-pyrrole nitrogens is 1. The van der Waals surface area contributed by atoms with Crippen molar-refractivity contribution in [1.29, 1.82) is 0 Å². The molecule has 2 aromatic rings. The van der Waals surface area contributed by atoms with Crippen molar-refractivity contribution in [3.8, 4) is 0 Å². The molecule has 3 rings (SSSR count). The Morgan fingerprint density at radius 2 is 2.29 bits per heavy atom. The summed E-state index contributed by atoms with van der Waals surface area (Å²) in [5, 5.41) is 12.5. The van der Waals surface area contributed by atoms with Crippen LogP contribution in [-0.2, 0) is 19.3 Å². The topological polar surface area (TPSA) is 57.8 Å². The average Bonchev–Trinajstić information content (AvgIpc) is 3.04. The molecule has 0 saturated heterocycles. The molecule has 2 N–H and O–H groups in total. The highest BCUT2D eigenvalue weighted by Gasteiger charge is 2.21. The summed E-state index contributed by atoms with van der Waals surface area (Å²) in [6.07, 6.45) is 6.42. The third-order valence-electron chi connectivity index (χ3n) is 3.99. The Morgan fingerprint density at radius 1 is 1.43 bits per heavy atom. The van der Waals surface area contributed by atoms with E-state index in [1.807, 2.05) is 13.0 Å². The Kier molecular flexibility index (Phi) is 4.39. The molecule has 2 aromatic heterocycles. The van der Waals surface area contributed by atoms with Crippen molar-refractivity contribution < 1.29 is 4.79 Å². The third-order valence-corrected chi connectivity index (χ3v) is 4.89. The number of nitrogens with one attached hydrogen (secondary N) is 2. The molecular weight excluding hydrogens is 282 g/mol. The fourth-order valence-corrected chi connectivity index (χ4v) is 3.75. The Bertz CT molecular complexity index is 603. The Balaban J connectivity index is 1.66. The molecule has 1 atom stereocenters. The van der Waals surface area contributed by atoms with Gasteiger partial charge in [-0.25, -0.2) is 0 Å². The zero-order valence-electron chi connectivity index (χ0n) is 12.3. The Hall–Kier alpha value is -1.62. The van der Waals surface area contributed by atoms with Gasteiger partial charge in [0.2, 0.25) is 0 Å². The molecule has 0 spiro atoms. The number of nitrogens with zero attached hydrogens (tertiary/aromatic N) is 1. The van der Waals surface area contributed by atoms with Gasteiger partial charge in [-0.3, -0.25) is 9.89 Å². The number of aryl methyl sites for hydroxylation is 1. The van der Waals surface area contributed by atoms with Gasteiger partial charge in [0.05, 0.1) is 0 Å². The van der Waals surface area contributed by atoms with Crippen molar-refractivity contribution in [1.82, 2.24) is 15.5 Å². The maximum atomic E-state index is 12.4. The Labute approximate surface area is 129 Å². The molecule has 4 nitrogen and oxygen atoms in total. The summed E-state index contributed by atoms with van der Waals surface area (Å²) >= 11 is 1.73. The first-order valence-corrected chi connectivity index (χ1v) is 8.51. The zero-order chi connectivity index (χ0) is 14.7. The van der Waals surface area contributed by atoms with Gasteiger partial charge < -0.3 is 5.32 Å². The number of carbonyl (C=O) groups excluding carboxylic acids is 1. The maximum absolute atomic E-state index is 12.4. The van der Waals surface area contributed by atoms with Crippen molar-refractivity contribution >= 4 is 17.2 Å². The fraction of sp³-hybridized carbons (Fsp3) is 0.500. The van der Waals surface area contributed by atoms with Crippen LogP contribution in [0, 0.1) is 0 Å². The second-order valence-corrected chi connectivity index (χ2v) is 6.78. The SMILES string of the molecule is C[C@H](Cc1cccs1)NC(=O)c1n[nH]c2c1CCCCC2. The number of rotatable bonds is 4. The number of aromatic nitrogens is 2. The van der Waals surface area contributed by atoms with E-state index < -0.39 is 0 Å². The molecule has 1 aliphatic carbocycles. The Morgan fingerprint density at radius 3 is 3.10 bits per heavy atom. The van der Waals surface area contributed by atoms with Gasteiger partial charge in [0.1, 0.15) is 0 Å². The molecule has 0 radical (unpaired) electrons. The molecule has 0 aliphatic heterocycles. The van der Waals surface area contributed by atoms with Gasteiger partial charge >= 0.3 is 0 Å². The minimum Gasteiger partial charge on any atom is -0.348 e. The molecule has 0 fully saturated rings. The van der Waals surface area contributed by atoms with Gasteiger partial charge in [0.15, 0.2) is 5.69 Å². The van der Waals surface area contributed by atoms with Crippen molar-refractivity contribution in [2.45, 2.75) is 51.5 Å². The number of hydrogen-bond acceptors (Lipinski definition) is 3. The van der Waals surface area contributed by atoms with Crippen LogP contribution in [0.3, 0.4) is 0 Å². The largest absolute Gasteiger partial charge is 0.348 e. The van der Waals surface area contributed by atoms with Crippen LogP contribution in [0.25, 0.3) is 0 Å². The van der Waals surface area contributed by atoms with Gasteiger partial charge in [0, 0.05) is 28.6 Å². The standard InChI is InChI=1S/C16H21N3OS/c1-11(10-12-6-5-9-21-12)17-16(20)15-13-7-3-2-4-8-14(13)18-19-15/h5-6,9,11H,2-4,7-8,10H2,1H3,(H,17,20)(H,18,19)/t11-/m1/s1. The molecule has 0 aromatic carbocycles. The van der Waals surface area contributed by atoms with Crippen LogP contribution in [0.15, 0.2) is 17.5 Å². The molecule has 1 aliphatic rings. The summed E-state index contributed by atoms with van der Waals surface area (Å²) in [6, 6.07) is 4.27. The van der Waals surface area contributed by atoms with Gasteiger partial charge in [-0.2, -0.15) is 5.10 Å². The molecule has 5 heteroatoms. The van der Waals surface area contributed by atoms with E-state index in [9.17, 15) is 4.79 Å². The summed E-state index contributed by atoms with van der Waals surface area (Å²) in [5.74, 6) is -0.0431. The van der Waals surface area contributed by atoms with Crippen molar-refractivity contribution in [2.24, 2.45) is 0 Å². The summed E-state index contributed by atoms with van der Waals surface area (Å²) in [5.41, 5.74) is 2.89. The quantitative estimate of drug-likeness (QED) is 0.853. The smallest absolute Gasteiger partial charge is 0.272 e. The van der Waals surface area contributed by atoms with Crippen LogP contribution in [0.1, 0.15) is 52.8 Å². The van der Waals surface area contributed by atoms with Crippen LogP contribution in [0.4, 0.5) is 0 Å². The number of carbonyl (C=O) groups is 1. The van der Waals surface area contributed by atoms with Gasteiger partial charge in [-0.05, 0) is 44.1 Å². The maximum Gasteiger partial charge on any atom is 0.272 e. The predicted octanol–water partition coefficient (Wildman–Crippen LogP) is 3.10. The van der Waals surface area contributed by atoms with Crippen LogP contribution in [0.5, 0.6) is 0 Å². The highest BCUT2D eigenvalue weighted by Crippen LogP contribution is 2.21. The summed E-state index contributed by atoms with van der Waals surface area (Å²) in [7, 11) is 0. The number of fused-ring (bicyclic) bond motifs is 1. The monoisotopic (exact) mass is 303 g/mol. The number of hydrogen-bond donors (Lipinski definition) is 2. The van der Waals surface area contributed by atoms with Crippen molar-refractivity contribution in [3.63, 3.8) is 0 Å². The zero-order valence-corrected chi connectivity index (χ0v) is 13.1. The van der Waals surface area contributed by atoms with E-state index in [4.69, 9.17) is 0 Å². The highest BCUT2D eigenvalue weighted by molar-refractivity contribution is 7.09. The van der Waals surface area contributed by atoms with E-state index in [1.165, 1.54) is 17.7 Å². The van der Waals surface area contributed by atoms with E-state index in [1.54, 1.807) is 11.3 Å². The van der Waals surface area contributed by atoms with Crippen molar-refractivity contribution in [2.75, 3.05) is 0 Å². The van der Waals surface area contributed by atoms with E-state index in [0.717, 1.165) is 36.9 Å². The lowest BCUT2D eigenvalue weighted by Gasteiger charge is -2.12. The van der Waals surface area contributed by atoms with Crippen LogP contribution < -0.4 is 5.32 Å². The second-order valence-electron chi connectivity index (χ2n) is 5.75. The number of amides is 1. The molecule has 0 unspecified atom stereocenters. The van der Waals surface area contributed by atoms with Crippen LogP contribution in [-0.4, -0.2) is 22.1 Å². The fourth-order valence-electron chi connectivity index (χ4n) is 2.92. The molecule has 2 heterocycles. The number of thiophene rings is 1. The lowest BCUT2D eigenvalue weighted by atomic mass is 10.1.